The number of aromatic nitrogens is 4. The zero-order valence-corrected chi connectivity index (χ0v) is 28.3. The molecule has 1 aliphatic rings. The summed E-state index contributed by atoms with van der Waals surface area (Å²) in [6.45, 7) is 7.90. The van der Waals surface area contributed by atoms with Crippen LogP contribution in [0.15, 0.2) is 48.8 Å². The molecule has 1 fully saturated rings. The molecule has 47 heavy (non-hydrogen) atoms. The van der Waals surface area contributed by atoms with Crippen molar-refractivity contribution < 1.29 is 37.4 Å². The van der Waals surface area contributed by atoms with Crippen LogP contribution in [0.5, 0.6) is 5.75 Å². The van der Waals surface area contributed by atoms with E-state index in [1.165, 1.54) is 24.7 Å². The third-order valence-corrected chi connectivity index (χ3v) is 9.17. The van der Waals surface area contributed by atoms with Crippen molar-refractivity contribution in [2.75, 3.05) is 37.9 Å². The van der Waals surface area contributed by atoms with Crippen molar-refractivity contribution in [2.24, 2.45) is 5.41 Å². The summed E-state index contributed by atoms with van der Waals surface area (Å²) in [5, 5.41) is 15.2. The third kappa shape index (κ3) is 7.34. The van der Waals surface area contributed by atoms with Gasteiger partial charge in [-0.1, -0.05) is 57.2 Å². The molecule has 0 aliphatic carbocycles. The SMILES string of the molecule is C[C@H](N[P@](=O)(OC[C@H]1O[C@@H](n2cnc3c(N(C)C)nc(N)nc32)[C@](C)(F)[C@@H]1O)Oc1cccc2ccccc12)C(=O)OCC(C)(C)C. The number of benzene rings is 2. The normalized spacial score (nSPS) is 23.5. The monoisotopic (exact) mass is 673 g/mol. The third-order valence-electron chi connectivity index (χ3n) is 7.54. The molecule has 0 unspecified atom stereocenters. The van der Waals surface area contributed by atoms with E-state index in [1.807, 2.05) is 39.0 Å². The maximum absolute atomic E-state index is 16.3. The highest BCUT2D eigenvalue weighted by Gasteiger charge is 2.56. The second-order valence-electron chi connectivity index (χ2n) is 13.1. The van der Waals surface area contributed by atoms with E-state index in [1.54, 1.807) is 43.3 Å². The quantitative estimate of drug-likeness (QED) is 0.151. The molecule has 1 aliphatic heterocycles. The minimum Gasteiger partial charge on any atom is -0.464 e. The van der Waals surface area contributed by atoms with Crippen molar-refractivity contribution in [3.8, 4) is 5.75 Å². The van der Waals surface area contributed by atoms with Gasteiger partial charge in [0.15, 0.2) is 28.9 Å². The number of anilines is 2. The summed E-state index contributed by atoms with van der Waals surface area (Å²) in [7, 11) is -0.909. The van der Waals surface area contributed by atoms with Crippen molar-refractivity contribution >= 4 is 47.4 Å². The van der Waals surface area contributed by atoms with Crippen LogP contribution in [0.4, 0.5) is 16.2 Å². The van der Waals surface area contributed by atoms with Crippen molar-refractivity contribution in [2.45, 2.75) is 64.8 Å². The summed E-state index contributed by atoms with van der Waals surface area (Å²) in [6.07, 6.45) is -3.16. The molecular weight excluding hydrogens is 632 g/mol. The lowest BCUT2D eigenvalue weighted by Gasteiger charge is -2.26. The molecule has 4 N–H and O–H groups in total. The lowest BCUT2D eigenvalue weighted by Crippen LogP contribution is -2.41. The largest absolute Gasteiger partial charge is 0.464 e. The molecule has 3 heterocycles. The summed E-state index contributed by atoms with van der Waals surface area (Å²) < 4.78 is 55.1. The summed E-state index contributed by atoms with van der Waals surface area (Å²) in [5.74, 6) is -0.106. The first-order valence-electron chi connectivity index (χ1n) is 15.1. The van der Waals surface area contributed by atoms with E-state index >= 15 is 4.39 Å². The molecule has 2 aromatic heterocycles. The molecule has 0 spiro atoms. The Bertz CT molecular complexity index is 1810. The van der Waals surface area contributed by atoms with E-state index in [-0.39, 0.29) is 29.4 Å². The number of nitrogens with one attached hydrogen (secondary N) is 1. The summed E-state index contributed by atoms with van der Waals surface area (Å²) in [5.41, 5.74) is 3.79. The molecule has 254 valence electrons. The van der Waals surface area contributed by atoms with Crippen LogP contribution in [0.25, 0.3) is 21.9 Å². The molecule has 16 heteroatoms. The fourth-order valence-electron chi connectivity index (χ4n) is 5.12. The number of fused-ring (bicyclic) bond motifs is 2. The van der Waals surface area contributed by atoms with Crippen molar-refractivity contribution in [1.29, 1.82) is 0 Å². The van der Waals surface area contributed by atoms with Crippen LogP contribution in [0.2, 0.25) is 0 Å². The number of aliphatic hydroxyl groups excluding tert-OH is 1. The molecule has 1 saturated heterocycles. The second-order valence-corrected chi connectivity index (χ2v) is 14.8. The predicted octanol–water partition coefficient (Wildman–Crippen LogP) is 4.39. The molecule has 2 aromatic carbocycles. The van der Waals surface area contributed by atoms with Crippen LogP contribution in [-0.4, -0.2) is 81.8 Å². The number of rotatable bonds is 11. The minimum absolute atomic E-state index is 0.0605. The molecule has 0 saturated carbocycles. The van der Waals surface area contributed by atoms with Gasteiger partial charge in [-0.25, -0.2) is 13.9 Å². The van der Waals surface area contributed by atoms with E-state index in [9.17, 15) is 14.5 Å². The van der Waals surface area contributed by atoms with E-state index in [2.05, 4.69) is 20.0 Å². The van der Waals surface area contributed by atoms with Gasteiger partial charge >= 0.3 is 13.7 Å². The number of alkyl halides is 1. The Hall–Kier alpha value is -3.88. The highest BCUT2D eigenvalue weighted by Crippen LogP contribution is 2.49. The van der Waals surface area contributed by atoms with Gasteiger partial charge in [-0.15, -0.1) is 0 Å². The lowest BCUT2D eigenvalue weighted by atomic mass is 9.98. The first-order valence-corrected chi connectivity index (χ1v) is 16.6. The van der Waals surface area contributed by atoms with E-state index in [4.69, 9.17) is 24.3 Å². The van der Waals surface area contributed by atoms with Crippen LogP contribution < -0.4 is 20.2 Å². The van der Waals surface area contributed by atoms with E-state index in [0.29, 0.717) is 16.7 Å². The first-order chi connectivity index (χ1) is 22.0. The van der Waals surface area contributed by atoms with Gasteiger partial charge in [-0.05, 0) is 30.7 Å². The Morgan fingerprint density at radius 2 is 1.94 bits per heavy atom. The number of nitrogens with zero attached hydrogens (tertiary/aromatic N) is 5. The molecule has 5 rings (SSSR count). The average Bonchev–Trinajstić information content (AvgIpc) is 3.51. The topological polar surface area (TPSA) is 176 Å². The zero-order chi connectivity index (χ0) is 34.3. The van der Waals surface area contributed by atoms with Crippen LogP contribution in [-0.2, 0) is 23.4 Å². The molecule has 6 atom stereocenters. The Kier molecular flexibility index (Phi) is 9.50. The van der Waals surface area contributed by atoms with Gasteiger partial charge in [0.1, 0.15) is 24.0 Å². The summed E-state index contributed by atoms with van der Waals surface area (Å²) in [6, 6.07) is 11.4. The molecule has 0 amide bonds. The summed E-state index contributed by atoms with van der Waals surface area (Å²) >= 11 is 0. The number of ether oxygens (including phenoxy) is 2. The number of carbonyl (C=O) groups is 1. The zero-order valence-electron chi connectivity index (χ0n) is 27.4. The molecule has 4 aromatic rings. The van der Waals surface area contributed by atoms with Gasteiger partial charge < -0.3 is 29.7 Å². The van der Waals surface area contributed by atoms with E-state index < -0.39 is 50.5 Å². The van der Waals surface area contributed by atoms with E-state index in [0.717, 1.165) is 5.39 Å². The Balaban J connectivity index is 1.41. The van der Waals surface area contributed by atoms with Gasteiger partial charge in [0.25, 0.3) is 0 Å². The Morgan fingerprint density at radius 1 is 1.23 bits per heavy atom. The number of hydrogen-bond donors (Lipinski definition) is 3. The second kappa shape index (κ2) is 13.0. The average molecular weight is 674 g/mol. The summed E-state index contributed by atoms with van der Waals surface area (Å²) in [4.78, 5) is 27.3. The molecule has 0 radical (unpaired) electrons. The molecule has 14 nitrogen and oxygen atoms in total. The number of hydrogen-bond acceptors (Lipinski definition) is 12. The number of nitrogen functional groups attached to an aromatic ring is 1. The standard InChI is InChI=1S/C31H41FN7O7P/c1-18(27(41)43-16-30(2,3)4)37-47(42,46-21-14-10-12-19-11-8-9-13-20(19)21)44-15-22-24(40)31(5,32)28(45-22)39-17-34-23-25(38(6)7)35-29(33)36-26(23)39/h8-14,17-18,22,24,28,40H,15-16H2,1-7H3,(H,37,42)(H2,33,35,36)/t18-,22+,24+,28+,31+,47-/m0/s1. The maximum Gasteiger partial charge on any atom is 0.459 e. The van der Waals surface area contributed by atoms with Crippen molar-refractivity contribution in [3.05, 3.63) is 48.8 Å². The highest BCUT2D eigenvalue weighted by molar-refractivity contribution is 7.52. The van der Waals surface area contributed by atoms with Crippen molar-refractivity contribution in [3.63, 3.8) is 0 Å². The van der Waals surface area contributed by atoms with Crippen LogP contribution in [0, 0.1) is 5.41 Å². The van der Waals surface area contributed by atoms with Gasteiger partial charge in [-0.2, -0.15) is 15.1 Å². The number of carbonyl (C=O) groups excluding carboxylic acids is 1. The van der Waals surface area contributed by atoms with Gasteiger partial charge in [0.05, 0.1) is 19.5 Å². The number of nitrogens with two attached hydrogens (primary N) is 1. The smallest absolute Gasteiger partial charge is 0.459 e. The minimum atomic E-state index is -4.41. The number of aliphatic hydroxyl groups is 1. The number of halogens is 1. The van der Waals surface area contributed by atoms with Gasteiger partial charge in [0.2, 0.25) is 5.95 Å². The highest BCUT2D eigenvalue weighted by atomic mass is 31.2. The van der Waals surface area contributed by atoms with Crippen molar-refractivity contribution in [1.82, 2.24) is 24.6 Å². The predicted molar refractivity (Wildman–Crippen MR) is 175 cm³/mol. The van der Waals surface area contributed by atoms with Gasteiger partial charge in [-0.3, -0.25) is 13.9 Å². The lowest BCUT2D eigenvalue weighted by molar-refractivity contribution is -0.148. The van der Waals surface area contributed by atoms with Crippen LogP contribution in [0.3, 0.4) is 0 Å². The maximum atomic E-state index is 16.3. The fraction of sp³-hybridized carbons (Fsp3) is 0.484. The fourth-order valence-corrected chi connectivity index (χ4v) is 6.64. The first kappa shape index (κ1) is 34.5. The molecular formula is C31H41FN7O7P. The van der Waals surface area contributed by atoms with Crippen LogP contribution in [0.1, 0.15) is 40.8 Å². The number of imidazole rings is 1. The Morgan fingerprint density at radius 3 is 2.64 bits per heavy atom. The Labute approximate surface area is 272 Å². The van der Waals surface area contributed by atoms with Gasteiger partial charge in [0, 0.05) is 19.5 Å². The van der Waals surface area contributed by atoms with Crippen LogP contribution >= 0.6 is 7.75 Å². The number of esters is 1. The molecule has 0 bridgehead atoms.